The molecule has 0 aliphatic heterocycles. The number of rotatable bonds is 5. The fourth-order valence-electron chi connectivity index (χ4n) is 11.6. The number of imidazole rings is 2. The summed E-state index contributed by atoms with van der Waals surface area (Å²) < 4.78 is 62.0. The number of aromatic nitrogens is 4. The molecule has 2 aliphatic rings. The molecule has 0 N–H and O–H groups in total. The molecule has 12 rings (SSSR count). The highest BCUT2D eigenvalue weighted by molar-refractivity contribution is 6.06. The van der Waals surface area contributed by atoms with Crippen LogP contribution in [0.5, 0.6) is 0 Å². The molecule has 64 heavy (non-hydrogen) atoms. The molecule has 0 radical (unpaired) electrons. The molecule has 6 nitrogen and oxygen atoms in total. The molecule has 6 heteroatoms. The molecule has 2 aliphatic carbocycles. The second kappa shape index (κ2) is 12.3. The molecule has 0 spiro atoms. The first-order valence-electron chi connectivity index (χ1n) is 25.0. The zero-order valence-electron chi connectivity index (χ0n) is 43.3. The molecule has 322 valence electrons. The van der Waals surface area contributed by atoms with Gasteiger partial charge in [-0.05, 0) is 127 Å². The predicted octanol–water partition coefficient (Wildman–Crippen LogP) is 13.8. The Labute approximate surface area is 381 Å². The van der Waals surface area contributed by atoms with E-state index < -0.39 is 21.7 Å². The number of para-hydroxylation sites is 2. The summed E-state index contributed by atoms with van der Waals surface area (Å²) in [6.07, 6.45) is 4.15. The standard InChI is InChI=1S/C58H60N4O2/c1-53(2)41-29-45-47(31-43(41)55(5,6)57(53,9)10)61(35-21-23-51-39(27-35)37-17-13-15-19-49(37)63-51)33-59(45)25-26-60-34-62(36-22-24-52-40(28-36)38-18-14-16-20-50(38)64-52)48-32-44-42(30-46(48)60)54(3,4)58(11,12)56(44,7)8/h13-24,27-34H,25-26H2,1-12H3/q+2/i29D,30D,31D,32D. The Kier molecular flexibility index (Phi) is 6.80. The van der Waals surface area contributed by atoms with Gasteiger partial charge in [0.25, 0.3) is 0 Å². The highest BCUT2D eigenvalue weighted by Crippen LogP contribution is 2.63. The SMILES string of the molecule is [2H]c1c2c(c([2H])c3c1n(-c1ccc4oc5ccccc5c4c1)c[n+]3CC[n+]1cn(-c3ccc4oc5ccccc5c4c3)c3c([2H])c4c(c([2H])c31)C(C)(C)C(C)(C)C4(C)C)C(C)(C)C(C)(C)C2(C)C. The summed E-state index contributed by atoms with van der Waals surface area (Å²) in [5.74, 6) is 0. The molecular weight excluding hydrogens is 785 g/mol. The van der Waals surface area contributed by atoms with Gasteiger partial charge in [-0.25, -0.2) is 9.13 Å². The third-order valence-corrected chi connectivity index (χ3v) is 18.1. The Morgan fingerprint density at radius 2 is 0.781 bits per heavy atom. The zero-order valence-corrected chi connectivity index (χ0v) is 39.3. The smallest absolute Gasteiger partial charge is 0.250 e. The average Bonchev–Trinajstić information content (AvgIpc) is 4.10. The maximum atomic E-state index is 10.3. The summed E-state index contributed by atoms with van der Waals surface area (Å²) in [5.41, 5.74) is 9.52. The van der Waals surface area contributed by atoms with Crippen LogP contribution in [0.4, 0.5) is 0 Å². The van der Waals surface area contributed by atoms with E-state index in [0.29, 0.717) is 59.3 Å². The van der Waals surface area contributed by atoms with Gasteiger partial charge in [-0.15, -0.1) is 0 Å². The molecule has 0 amide bonds. The molecule has 0 fully saturated rings. The molecule has 0 atom stereocenters. The second-order valence-electron chi connectivity index (χ2n) is 22.1. The van der Waals surface area contributed by atoms with Crippen molar-refractivity contribution in [2.24, 2.45) is 10.8 Å². The van der Waals surface area contributed by atoms with Crippen molar-refractivity contribution in [1.29, 1.82) is 0 Å². The summed E-state index contributed by atoms with van der Waals surface area (Å²) in [6.45, 7) is 28.0. The van der Waals surface area contributed by atoms with E-state index in [-0.39, 0.29) is 10.8 Å². The largest absolute Gasteiger partial charge is 0.456 e. The van der Waals surface area contributed by atoms with E-state index in [0.717, 1.165) is 77.5 Å². The Hall–Kier alpha value is -6.14. The van der Waals surface area contributed by atoms with Crippen molar-refractivity contribution < 1.29 is 23.5 Å². The van der Waals surface area contributed by atoms with Crippen molar-refractivity contribution in [1.82, 2.24) is 9.13 Å². The van der Waals surface area contributed by atoms with Gasteiger partial charge in [-0.1, -0.05) is 119 Å². The summed E-state index contributed by atoms with van der Waals surface area (Å²) in [5, 5.41) is 4.05. The lowest BCUT2D eigenvalue weighted by Gasteiger charge is -2.44. The van der Waals surface area contributed by atoms with Gasteiger partial charge in [0.2, 0.25) is 12.7 Å². The third-order valence-electron chi connectivity index (χ3n) is 18.1. The van der Waals surface area contributed by atoms with Crippen LogP contribution in [0.15, 0.2) is 131 Å². The number of nitrogens with zero attached hydrogens (tertiary/aromatic N) is 4. The Bertz CT molecular complexity index is 3620. The van der Waals surface area contributed by atoms with Crippen LogP contribution in [-0.4, -0.2) is 9.13 Å². The first-order chi connectivity index (χ1) is 31.9. The molecule has 0 saturated carbocycles. The van der Waals surface area contributed by atoms with Gasteiger partial charge < -0.3 is 8.83 Å². The van der Waals surface area contributed by atoms with Crippen LogP contribution in [0.3, 0.4) is 0 Å². The van der Waals surface area contributed by atoms with E-state index in [4.69, 9.17) is 8.83 Å². The maximum absolute atomic E-state index is 10.3. The predicted molar refractivity (Wildman–Crippen MR) is 261 cm³/mol. The summed E-state index contributed by atoms with van der Waals surface area (Å²) in [6, 6.07) is 30.4. The van der Waals surface area contributed by atoms with Crippen LogP contribution >= 0.6 is 0 Å². The van der Waals surface area contributed by atoms with E-state index in [1.807, 2.05) is 48.5 Å². The van der Waals surface area contributed by atoms with Gasteiger partial charge in [0, 0.05) is 21.5 Å². The Morgan fingerprint density at radius 3 is 1.17 bits per heavy atom. The lowest BCUT2D eigenvalue weighted by molar-refractivity contribution is -0.755. The fourth-order valence-corrected chi connectivity index (χ4v) is 11.6. The lowest BCUT2D eigenvalue weighted by atomic mass is 9.59. The number of benzene rings is 6. The normalized spacial score (nSPS) is 19.8. The maximum Gasteiger partial charge on any atom is 0.250 e. The zero-order chi connectivity index (χ0) is 48.2. The first kappa shape index (κ1) is 35.2. The number of hydrogen-bond acceptors (Lipinski definition) is 2. The minimum atomic E-state index is -0.398. The molecule has 4 heterocycles. The van der Waals surface area contributed by atoms with E-state index in [9.17, 15) is 5.48 Å². The monoisotopic (exact) mass is 848 g/mol. The fraction of sp³-hybridized carbons (Fsp3) is 0.345. The molecule has 0 saturated heterocycles. The van der Waals surface area contributed by atoms with Gasteiger partial charge in [0.1, 0.15) is 46.8 Å². The summed E-state index contributed by atoms with van der Waals surface area (Å²) in [4.78, 5) is 0. The molecule has 0 bridgehead atoms. The van der Waals surface area contributed by atoms with E-state index in [2.05, 4.69) is 150 Å². The van der Waals surface area contributed by atoms with Gasteiger partial charge in [0.05, 0.1) is 5.48 Å². The highest BCUT2D eigenvalue weighted by Gasteiger charge is 2.58. The molecular formula is C58H60N4O2+2. The number of fused-ring (bicyclic) bond motifs is 10. The van der Waals surface area contributed by atoms with Crippen LogP contribution in [0, 0.1) is 10.8 Å². The topological polar surface area (TPSA) is 43.9 Å². The van der Waals surface area contributed by atoms with Gasteiger partial charge in [-0.2, -0.15) is 9.13 Å². The Morgan fingerprint density at radius 1 is 0.438 bits per heavy atom. The van der Waals surface area contributed by atoms with Crippen LogP contribution in [0.1, 0.15) is 111 Å². The highest BCUT2D eigenvalue weighted by atomic mass is 16.3. The third kappa shape index (κ3) is 4.81. The van der Waals surface area contributed by atoms with Crippen LogP contribution in [0.2, 0.25) is 0 Å². The van der Waals surface area contributed by atoms with Gasteiger partial charge >= 0.3 is 0 Å². The molecule has 4 aromatic heterocycles. The quantitative estimate of drug-likeness (QED) is 0.162. The van der Waals surface area contributed by atoms with Crippen LogP contribution in [-0.2, 0) is 34.7 Å². The number of hydrogen-bond donors (Lipinski definition) is 0. The number of furan rings is 2. The van der Waals surface area contributed by atoms with Gasteiger partial charge in [0.15, 0.2) is 22.1 Å². The second-order valence-corrected chi connectivity index (χ2v) is 22.1. The summed E-state index contributed by atoms with van der Waals surface area (Å²) >= 11 is 0. The molecule has 10 aromatic rings. The van der Waals surface area contributed by atoms with E-state index in [1.54, 1.807) is 0 Å². The van der Waals surface area contributed by atoms with Crippen molar-refractivity contribution in [2.75, 3.05) is 0 Å². The number of aryl methyl sites for hydroxylation is 2. The van der Waals surface area contributed by atoms with Crippen molar-refractivity contribution >= 4 is 65.9 Å². The molecule has 0 unspecified atom stereocenters. The van der Waals surface area contributed by atoms with Gasteiger partial charge in [-0.3, -0.25) is 0 Å². The minimum absolute atomic E-state index is 0.254. The average molecular weight is 849 g/mol. The van der Waals surface area contributed by atoms with Crippen molar-refractivity contribution in [3.63, 3.8) is 0 Å². The van der Waals surface area contributed by atoms with E-state index in [1.165, 1.54) is 0 Å². The van der Waals surface area contributed by atoms with Crippen LogP contribution in [0.25, 0.3) is 77.3 Å². The van der Waals surface area contributed by atoms with Crippen molar-refractivity contribution in [3.05, 3.63) is 144 Å². The Balaban J connectivity index is 1.10. The van der Waals surface area contributed by atoms with Crippen molar-refractivity contribution in [3.8, 4) is 11.4 Å². The van der Waals surface area contributed by atoms with Crippen LogP contribution < -0.4 is 9.13 Å². The molecule has 6 aromatic carbocycles. The lowest BCUT2D eigenvalue weighted by Crippen LogP contribution is -2.44. The minimum Gasteiger partial charge on any atom is -0.456 e. The van der Waals surface area contributed by atoms with E-state index >= 15 is 0 Å². The first-order valence-corrected chi connectivity index (χ1v) is 23.0. The summed E-state index contributed by atoms with van der Waals surface area (Å²) in [7, 11) is 0. The van der Waals surface area contributed by atoms with Crippen molar-refractivity contribution in [2.45, 2.75) is 118 Å².